The summed E-state index contributed by atoms with van der Waals surface area (Å²) in [4.78, 5) is 14.2. The fraction of sp³-hybridized carbons (Fsp3) is 0.381. The summed E-state index contributed by atoms with van der Waals surface area (Å²) in [5.74, 6) is 0.983. The van der Waals surface area contributed by atoms with Crippen LogP contribution < -0.4 is 19.7 Å². The number of benzene rings is 2. The lowest BCUT2D eigenvalue weighted by atomic mass is 10.1. The minimum absolute atomic E-state index is 0.175. The molecule has 2 N–H and O–H groups in total. The van der Waals surface area contributed by atoms with E-state index < -0.39 is 0 Å². The zero-order chi connectivity index (χ0) is 18.9. The number of nitrogens with one attached hydrogen (secondary N) is 2. The number of methoxy groups -OCH3 is 2. The Kier molecular flexibility index (Phi) is 7.48. The Morgan fingerprint density at radius 2 is 1.69 bits per heavy atom. The van der Waals surface area contributed by atoms with Crippen molar-refractivity contribution < 1.29 is 19.2 Å². The molecule has 0 heterocycles. The summed E-state index contributed by atoms with van der Waals surface area (Å²) in [5, 5.41) is 3.01. The first kappa shape index (κ1) is 19.8. The zero-order valence-electron chi connectivity index (χ0n) is 16.1. The SMILES string of the molecule is CC[NH+](CC)Cc1ccccc1CNC(=O)c1cc(OC)ccc1OC. The molecule has 140 valence electrons. The standard InChI is InChI=1S/C21H28N2O3/c1-5-23(6-2)15-17-10-8-7-9-16(17)14-22-21(24)19-13-18(25-3)11-12-20(19)26-4/h7-13H,5-6,14-15H2,1-4H3,(H,22,24)/p+1. The Bertz CT molecular complexity index is 727. The summed E-state index contributed by atoms with van der Waals surface area (Å²) < 4.78 is 10.5. The molecule has 5 heteroatoms. The van der Waals surface area contributed by atoms with Crippen LogP contribution in [0.1, 0.15) is 35.3 Å². The van der Waals surface area contributed by atoms with Crippen LogP contribution in [0.15, 0.2) is 42.5 Å². The van der Waals surface area contributed by atoms with Crippen LogP contribution >= 0.6 is 0 Å². The third-order valence-electron chi connectivity index (χ3n) is 4.65. The largest absolute Gasteiger partial charge is 0.497 e. The van der Waals surface area contributed by atoms with Crippen LogP contribution in [0.2, 0.25) is 0 Å². The Balaban J connectivity index is 2.13. The first-order chi connectivity index (χ1) is 12.6. The van der Waals surface area contributed by atoms with Gasteiger partial charge in [-0.15, -0.1) is 0 Å². The van der Waals surface area contributed by atoms with Gasteiger partial charge in [-0.05, 0) is 37.6 Å². The number of carbonyl (C=O) groups excluding carboxylic acids is 1. The van der Waals surface area contributed by atoms with Crippen LogP contribution in [-0.2, 0) is 13.1 Å². The Morgan fingerprint density at radius 3 is 2.31 bits per heavy atom. The molecule has 0 saturated carbocycles. The highest BCUT2D eigenvalue weighted by atomic mass is 16.5. The maximum atomic E-state index is 12.7. The van der Waals surface area contributed by atoms with Gasteiger partial charge in [-0.1, -0.05) is 24.3 Å². The van der Waals surface area contributed by atoms with Crippen molar-refractivity contribution in [2.45, 2.75) is 26.9 Å². The van der Waals surface area contributed by atoms with E-state index in [-0.39, 0.29) is 5.91 Å². The van der Waals surface area contributed by atoms with Crippen molar-refractivity contribution in [3.63, 3.8) is 0 Å². The van der Waals surface area contributed by atoms with Gasteiger partial charge in [-0.2, -0.15) is 0 Å². The van der Waals surface area contributed by atoms with Gasteiger partial charge in [0.05, 0.1) is 32.9 Å². The van der Waals surface area contributed by atoms with Crippen LogP contribution in [0.5, 0.6) is 11.5 Å². The van der Waals surface area contributed by atoms with E-state index in [2.05, 4.69) is 37.4 Å². The molecular weight excluding hydrogens is 328 g/mol. The quantitative estimate of drug-likeness (QED) is 0.722. The maximum Gasteiger partial charge on any atom is 0.255 e. The third kappa shape index (κ3) is 4.99. The molecule has 0 aromatic heterocycles. The highest BCUT2D eigenvalue weighted by Crippen LogP contribution is 2.24. The van der Waals surface area contributed by atoms with Crippen molar-refractivity contribution in [1.29, 1.82) is 0 Å². The molecular formula is C21H29N2O3+. The van der Waals surface area contributed by atoms with Gasteiger partial charge >= 0.3 is 0 Å². The van der Waals surface area contributed by atoms with Crippen molar-refractivity contribution in [3.05, 3.63) is 59.2 Å². The van der Waals surface area contributed by atoms with Gasteiger partial charge in [0.15, 0.2) is 0 Å². The highest BCUT2D eigenvalue weighted by Gasteiger charge is 2.15. The summed E-state index contributed by atoms with van der Waals surface area (Å²) >= 11 is 0. The molecule has 0 bridgehead atoms. The lowest BCUT2D eigenvalue weighted by Gasteiger charge is -2.18. The van der Waals surface area contributed by atoms with Crippen molar-refractivity contribution in [2.75, 3.05) is 27.3 Å². The fourth-order valence-corrected chi connectivity index (χ4v) is 2.93. The highest BCUT2D eigenvalue weighted by molar-refractivity contribution is 5.97. The van der Waals surface area contributed by atoms with Crippen molar-refractivity contribution in [2.24, 2.45) is 0 Å². The van der Waals surface area contributed by atoms with Crippen molar-refractivity contribution in [1.82, 2.24) is 5.32 Å². The zero-order valence-corrected chi connectivity index (χ0v) is 16.1. The first-order valence-corrected chi connectivity index (χ1v) is 9.03. The Morgan fingerprint density at radius 1 is 1.00 bits per heavy atom. The summed E-state index contributed by atoms with van der Waals surface area (Å²) in [6.07, 6.45) is 0. The van der Waals surface area contributed by atoms with Gasteiger partial charge in [0.1, 0.15) is 18.0 Å². The molecule has 0 fully saturated rings. The van der Waals surface area contributed by atoms with E-state index in [1.807, 2.05) is 6.07 Å². The summed E-state index contributed by atoms with van der Waals surface area (Å²) in [6.45, 7) is 7.99. The molecule has 0 saturated heterocycles. The second-order valence-corrected chi connectivity index (χ2v) is 6.15. The van der Waals surface area contributed by atoms with Crippen molar-refractivity contribution in [3.8, 4) is 11.5 Å². The molecule has 2 aromatic carbocycles. The molecule has 26 heavy (non-hydrogen) atoms. The average Bonchev–Trinajstić information content (AvgIpc) is 2.70. The number of hydrogen-bond donors (Lipinski definition) is 2. The van der Waals surface area contributed by atoms with E-state index >= 15 is 0 Å². The van der Waals surface area contributed by atoms with E-state index in [9.17, 15) is 4.79 Å². The molecule has 0 aliphatic heterocycles. The molecule has 0 radical (unpaired) electrons. The number of amides is 1. The molecule has 0 aliphatic rings. The van der Waals surface area contributed by atoms with Gasteiger partial charge < -0.3 is 19.7 Å². The molecule has 2 aromatic rings. The topological polar surface area (TPSA) is 52.0 Å². The lowest BCUT2D eigenvalue weighted by molar-refractivity contribution is -0.910. The summed E-state index contributed by atoms with van der Waals surface area (Å²) in [7, 11) is 3.13. The maximum absolute atomic E-state index is 12.7. The molecule has 0 aliphatic carbocycles. The van der Waals surface area contributed by atoms with Crippen LogP contribution in [0.3, 0.4) is 0 Å². The van der Waals surface area contributed by atoms with Gasteiger partial charge in [0, 0.05) is 12.1 Å². The molecule has 5 nitrogen and oxygen atoms in total. The van der Waals surface area contributed by atoms with Gasteiger partial charge in [-0.3, -0.25) is 4.79 Å². The van der Waals surface area contributed by atoms with Gasteiger partial charge in [-0.25, -0.2) is 0 Å². The van der Waals surface area contributed by atoms with Gasteiger partial charge in [0.2, 0.25) is 0 Å². The van der Waals surface area contributed by atoms with Gasteiger partial charge in [0.25, 0.3) is 5.91 Å². The first-order valence-electron chi connectivity index (χ1n) is 9.03. The van der Waals surface area contributed by atoms with Crippen LogP contribution in [0.4, 0.5) is 0 Å². The average molecular weight is 357 g/mol. The number of quaternary nitrogens is 1. The second kappa shape index (κ2) is 9.82. The van der Waals surface area contributed by atoms with E-state index in [1.54, 1.807) is 32.4 Å². The number of rotatable bonds is 9. The molecule has 0 unspecified atom stereocenters. The van der Waals surface area contributed by atoms with E-state index in [0.717, 1.165) is 25.2 Å². The van der Waals surface area contributed by atoms with Crippen LogP contribution in [0, 0.1) is 0 Å². The summed E-state index contributed by atoms with van der Waals surface area (Å²) in [6, 6.07) is 13.5. The third-order valence-corrected chi connectivity index (χ3v) is 4.65. The van der Waals surface area contributed by atoms with E-state index in [1.165, 1.54) is 10.5 Å². The monoisotopic (exact) mass is 357 g/mol. The summed E-state index contributed by atoms with van der Waals surface area (Å²) in [5.41, 5.74) is 2.88. The number of hydrogen-bond acceptors (Lipinski definition) is 3. The minimum atomic E-state index is -0.175. The van der Waals surface area contributed by atoms with E-state index in [0.29, 0.717) is 23.6 Å². The fourth-order valence-electron chi connectivity index (χ4n) is 2.93. The van der Waals surface area contributed by atoms with Crippen LogP contribution in [-0.4, -0.2) is 33.2 Å². The van der Waals surface area contributed by atoms with E-state index in [4.69, 9.17) is 9.47 Å². The molecule has 0 atom stereocenters. The lowest BCUT2D eigenvalue weighted by Crippen LogP contribution is -3.10. The Hall–Kier alpha value is -2.53. The smallest absolute Gasteiger partial charge is 0.255 e. The second-order valence-electron chi connectivity index (χ2n) is 6.15. The van der Waals surface area contributed by atoms with Crippen LogP contribution in [0.25, 0.3) is 0 Å². The number of carbonyl (C=O) groups is 1. The minimum Gasteiger partial charge on any atom is -0.497 e. The predicted octanol–water partition coefficient (Wildman–Crippen LogP) is 2.06. The number of ether oxygens (including phenoxy) is 2. The molecule has 1 amide bonds. The predicted molar refractivity (Wildman–Crippen MR) is 103 cm³/mol. The molecule has 0 spiro atoms. The Labute approximate surface area is 155 Å². The molecule has 2 rings (SSSR count). The van der Waals surface area contributed by atoms with Crippen molar-refractivity contribution >= 4 is 5.91 Å². The normalized spacial score (nSPS) is 10.7.